The van der Waals surface area contributed by atoms with Crippen molar-refractivity contribution >= 4 is 15.9 Å². The van der Waals surface area contributed by atoms with Gasteiger partial charge >= 0.3 is 0 Å². The van der Waals surface area contributed by atoms with E-state index in [1.807, 2.05) is 25.1 Å². The molecule has 1 heterocycles. The number of likely N-dealkylation sites (tertiary alicyclic amines) is 1. The molecule has 1 amide bonds. The molecule has 1 aliphatic rings. The van der Waals surface area contributed by atoms with Crippen molar-refractivity contribution in [2.75, 3.05) is 46.9 Å². The normalized spacial score (nSPS) is 16.7. The molecule has 0 spiro atoms. The fourth-order valence-electron chi connectivity index (χ4n) is 4.13. The van der Waals surface area contributed by atoms with Gasteiger partial charge in [-0.05, 0) is 68.5 Å². The minimum Gasteiger partial charge on any atom is -0.493 e. The molecular weight excluding hydrogens is 454 g/mol. The van der Waals surface area contributed by atoms with Crippen LogP contribution in [0.4, 0.5) is 0 Å². The van der Waals surface area contributed by atoms with E-state index in [9.17, 15) is 13.2 Å². The summed E-state index contributed by atoms with van der Waals surface area (Å²) >= 11 is 0. The Morgan fingerprint density at radius 3 is 2.53 bits per heavy atom. The number of nitrogens with zero attached hydrogens (tertiary/aromatic N) is 1. The number of aryl methyl sites for hydroxylation is 1. The predicted molar refractivity (Wildman–Crippen MR) is 132 cm³/mol. The second kappa shape index (κ2) is 12.2. The number of amides is 1. The molecule has 34 heavy (non-hydrogen) atoms. The molecule has 1 atom stereocenters. The van der Waals surface area contributed by atoms with Gasteiger partial charge in [-0.2, -0.15) is 0 Å². The number of sulfonamides is 1. The molecular formula is C25H35N3O5S. The molecule has 0 aliphatic carbocycles. The van der Waals surface area contributed by atoms with E-state index in [1.165, 1.54) is 0 Å². The van der Waals surface area contributed by atoms with Crippen LogP contribution in [-0.4, -0.2) is 66.2 Å². The maximum absolute atomic E-state index is 12.6. The van der Waals surface area contributed by atoms with E-state index in [0.717, 1.165) is 30.5 Å². The quantitative estimate of drug-likeness (QED) is 0.503. The van der Waals surface area contributed by atoms with Crippen LogP contribution >= 0.6 is 0 Å². The van der Waals surface area contributed by atoms with E-state index >= 15 is 0 Å². The minimum atomic E-state index is -3.53. The van der Waals surface area contributed by atoms with Gasteiger partial charge in [0.15, 0.2) is 11.5 Å². The highest BCUT2D eigenvalue weighted by molar-refractivity contribution is 7.89. The first kappa shape index (κ1) is 26.0. The summed E-state index contributed by atoms with van der Waals surface area (Å²) < 4.78 is 38.4. The molecule has 2 aromatic rings. The first-order valence-corrected chi connectivity index (χ1v) is 13.1. The van der Waals surface area contributed by atoms with Crippen LogP contribution in [0.25, 0.3) is 0 Å². The standard InChI is InChI=1S/C25H35N3O5S/c1-19-6-9-22(10-7-19)34(30,31)27-16-21-5-4-14-28(17-21)18-25(29)26-13-12-20-8-11-23(32-2)24(15-20)33-3/h6-11,15,21,27H,4-5,12-14,16-18H2,1-3H3,(H,26,29). The number of carbonyl (C=O) groups excluding carboxylic acids is 1. The number of nitrogens with one attached hydrogen (secondary N) is 2. The van der Waals surface area contributed by atoms with E-state index in [0.29, 0.717) is 44.1 Å². The maximum Gasteiger partial charge on any atom is 0.240 e. The van der Waals surface area contributed by atoms with Gasteiger partial charge in [0.2, 0.25) is 15.9 Å². The van der Waals surface area contributed by atoms with Crippen molar-refractivity contribution in [3.05, 3.63) is 53.6 Å². The van der Waals surface area contributed by atoms with Gasteiger partial charge in [0, 0.05) is 19.6 Å². The second-order valence-corrected chi connectivity index (χ2v) is 10.5. The van der Waals surface area contributed by atoms with Crippen molar-refractivity contribution in [3.63, 3.8) is 0 Å². The average molecular weight is 490 g/mol. The average Bonchev–Trinajstić information content (AvgIpc) is 2.83. The highest BCUT2D eigenvalue weighted by Gasteiger charge is 2.23. The zero-order valence-electron chi connectivity index (χ0n) is 20.2. The van der Waals surface area contributed by atoms with Gasteiger partial charge in [-0.15, -0.1) is 0 Å². The van der Waals surface area contributed by atoms with Gasteiger partial charge in [0.1, 0.15) is 0 Å². The minimum absolute atomic E-state index is 0.0265. The number of hydrogen-bond acceptors (Lipinski definition) is 6. The number of carbonyl (C=O) groups is 1. The van der Waals surface area contributed by atoms with Crippen LogP contribution in [0.3, 0.4) is 0 Å². The summed E-state index contributed by atoms with van der Waals surface area (Å²) in [5.41, 5.74) is 2.07. The summed E-state index contributed by atoms with van der Waals surface area (Å²) in [7, 11) is -0.330. The monoisotopic (exact) mass is 489 g/mol. The lowest BCUT2D eigenvalue weighted by Crippen LogP contribution is -2.45. The highest BCUT2D eigenvalue weighted by atomic mass is 32.2. The molecule has 1 saturated heterocycles. The van der Waals surface area contributed by atoms with Gasteiger partial charge in [-0.25, -0.2) is 13.1 Å². The Balaban J connectivity index is 1.42. The number of hydrogen-bond donors (Lipinski definition) is 2. The van der Waals surface area contributed by atoms with Crippen LogP contribution in [0.5, 0.6) is 11.5 Å². The Bertz CT molecular complexity index is 1060. The first-order valence-electron chi connectivity index (χ1n) is 11.6. The SMILES string of the molecule is COc1ccc(CCNC(=O)CN2CCCC(CNS(=O)(=O)c3ccc(C)cc3)C2)cc1OC. The Morgan fingerprint density at radius 2 is 1.82 bits per heavy atom. The lowest BCUT2D eigenvalue weighted by molar-refractivity contribution is -0.122. The van der Waals surface area contributed by atoms with Crippen molar-refractivity contribution < 1.29 is 22.7 Å². The molecule has 2 N–H and O–H groups in total. The zero-order valence-corrected chi connectivity index (χ0v) is 21.0. The topological polar surface area (TPSA) is 97.0 Å². The second-order valence-electron chi connectivity index (χ2n) is 8.70. The predicted octanol–water partition coefficient (Wildman–Crippen LogP) is 2.36. The van der Waals surface area contributed by atoms with Gasteiger partial charge < -0.3 is 14.8 Å². The van der Waals surface area contributed by atoms with Gasteiger partial charge in [-0.3, -0.25) is 9.69 Å². The van der Waals surface area contributed by atoms with E-state index in [1.54, 1.807) is 38.5 Å². The third-order valence-electron chi connectivity index (χ3n) is 6.05. The number of benzene rings is 2. The van der Waals surface area contributed by atoms with Crippen LogP contribution in [0.1, 0.15) is 24.0 Å². The van der Waals surface area contributed by atoms with E-state index < -0.39 is 10.0 Å². The molecule has 186 valence electrons. The van der Waals surface area contributed by atoms with Crippen LogP contribution in [0, 0.1) is 12.8 Å². The van der Waals surface area contributed by atoms with Crippen molar-refractivity contribution in [3.8, 4) is 11.5 Å². The van der Waals surface area contributed by atoms with Crippen LogP contribution in [-0.2, 0) is 21.2 Å². The molecule has 9 heteroatoms. The number of methoxy groups -OCH3 is 2. The van der Waals surface area contributed by atoms with Crippen molar-refractivity contribution in [1.29, 1.82) is 0 Å². The van der Waals surface area contributed by atoms with Crippen molar-refractivity contribution in [2.24, 2.45) is 5.92 Å². The summed E-state index contributed by atoms with van der Waals surface area (Å²) in [5, 5.41) is 2.98. The lowest BCUT2D eigenvalue weighted by atomic mass is 9.98. The van der Waals surface area contributed by atoms with Gasteiger partial charge in [0.05, 0.1) is 25.7 Å². The summed E-state index contributed by atoms with van der Waals surface area (Å²) in [6.45, 7) is 4.67. The lowest BCUT2D eigenvalue weighted by Gasteiger charge is -2.32. The van der Waals surface area contributed by atoms with Crippen molar-refractivity contribution in [1.82, 2.24) is 14.9 Å². The maximum atomic E-state index is 12.6. The molecule has 0 aromatic heterocycles. The van der Waals surface area contributed by atoms with Crippen LogP contribution in [0.15, 0.2) is 47.4 Å². The Kier molecular flexibility index (Phi) is 9.32. The molecule has 1 unspecified atom stereocenters. The Morgan fingerprint density at radius 1 is 1.09 bits per heavy atom. The third-order valence-corrected chi connectivity index (χ3v) is 7.49. The molecule has 1 aliphatic heterocycles. The largest absolute Gasteiger partial charge is 0.493 e. The molecule has 0 radical (unpaired) electrons. The van der Waals surface area contributed by atoms with Crippen LogP contribution in [0.2, 0.25) is 0 Å². The summed E-state index contributed by atoms with van der Waals surface area (Å²) in [6, 6.07) is 12.6. The Hall–Kier alpha value is -2.62. The van der Waals surface area contributed by atoms with Gasteiger partial charge in [0.25, 0.3) is 0 Å². The molecule has 3 rings (SSSR count). The molecule has 0 saturated carbocycles. The highest BCUT2D eigenvalue weighted by Crippen LogP contribution is 2.27. The fraction of sp³-hybridized carbons (Fsp3) is 0.480. The van der Waals surface area contributed by atoms with Gasteiger partial charge in [-0.1, -0.05) is 23.8 Å². The molecule has 0 bridgehead atoms. The number of ether oxygens (including phenoxy) is 2. The first-order chi connectivity index (χ1) is 16.3. The van der Waals surface area contributed by atoms with Crippen molar-refractivity contribution in [2.45, 2.75) is 31.1 Å². The van der Waals surface area contributed by atoms with E-state index in [-0.39, 0.29) is 16.7 Å². The molecule has 1 fully saturated rings. The fourth-order valence-corrected chi connectivity index (χ4v) is 5.25. The summed E-state index contributed by atoms with van der Waals surface area (Å²) in [4.78, 5) is 14.8. The van der Waals surface area contributed by atoms with E-state index in [4.69, 9.17) is 9.47 Å². The van der Waals surface area contributed by atoms with Crippen LogP contribution < -0.4 is 19.5 Å². The molecule has 2 aromatic carbocycles. The Labute approximate surface area is 202 Å². The summed E-state index contributed by atoms with van der Waals surface area (Å²) in [5.74, 6) is 1.50. The zero-order chi connectivity index (χ0) is 24.6. The third kappa shape index (κ3) is 7.44. The number of piperidine rings is 1. The number of rotatable bonds is 11. The van der Waals surface area contributed by atoms with E-state index in [2.05, 4.69) is 14.9 Å². The molecule has 8 nitrogen and oxygen atoms in total. The smallest absolute Gasteiger partial charge is 0.240 e. The summed E-state index contributed by atoms with van der Waals surface area (Å²) in [6.07, 6.45) is 2.57.